The van der Waals surface area contributed by atoms with Crippen molar-refractivity contribution in [3.63, 3.8) is 0 Å². The number of carbonyl (C=O) groups is 2. The van der Waals surface area contributed by atoms with Crippen molar-refractivity contribution in [3.05, 3.63) is 83.3 Å². The van der Waals surface area contributed by atoms with Crippen molar-refractivity contribution in [2.45, 2.75) is 13.8 Å². The van der Waals surface area contributed by atoms with Gasteiger partial charge in [-0.1, -0.05) is 54.1 Å². The summed E-state index contributed by atoms with van der Waals surface area (Å²) in [6.07, 6.45) is 1.62. The fraction of sp³-hybridized carbons (Fsp3) is 0.174. The minimum absolute atomic E-state index is 0.279. The van der Waals surface area contributed by atoms with Crippen LogP contribution in [0.5, 0.6) is 0 Å². The van der Waals surface area contributed by atoms with E-state index < -0.39 is 5.97 Å². The Balaban J connectivity index is 1.71. The molecule has 148 valence electrons. The molecule has 0 N–H and O–H groups in total. The Labute approximate surface area is 174 Å². The number of aryl methyl sites for hydroxylation is 2. The molecule has 0 aliphatic carbocycles. The molecule has 0 aliphatic rings. The van der Waals surface area contributed by atoms with Gasteiger partial charge < -0.3 is 4.74 Å². The Morgan fingerprint density at radius 2 is 1.93 bits per heavy atom. The second-order valence-corrected chi connectivity index (χ2v) is 7.41. The lowest BCUT2D eigenvalue weighted by Crippen LogP contribution is -2.35. The zero-order valence-electron chi connectivity index (χ0n) is 16.4. The molecule has 0 unspecified atom stereocenters. The van der Waals surface area contributed by atoms with Gasteiger partial charge in [0.05, 0.1) is 11.3 Å². The predicted octanol–water partition coefficient (Wildman–Crippen LogP) is 4.80. The number of esters is 1. The molecule has 2 aromatic carbocycles. The highest BCUT2D eigenvalue weighted by Crippen LogP contribution is 2.27. The smallest absolute Gasteiger partial charge is 0.338 e. The molecule has 3 aromatic rings. The lowest BCUT2D eigenvalue weighted by Gasteiger charge is -2.18. The molecule has 0 fully saturated rings. The lowest BCUT2D eigenvalue weighted by atomic mass is 10.1. The summed E-state index contributed by atoms with van der Waals surface area (Å²) in [5.41, 5.74) is 4.10. The first-order valence-electron chi connectivity index (χ1n) is 9.16. The van der Waals surface area contributed by atoms with Crippen molar-refractivity contribution >= 4 is 28.3 Å². The average Bonchev–Trinajstić information content (AvgIpc) is 3.20. The van der Waals surface area contributed by atoms with Crippen LogP contribution in [0, 0.1) is 13.8 Å². The van der Waals surface area contributed by atoms with E-state index in [0.717, 1.165) is 22.4 Å². The molecular weight excluding hydrogens is 384 g/mol. The summed E-state index contributed by atoms with van der Waals surface area (Å²) in [5.74, 6) is -0.865. The van der Waals surface area contributed by atoms with Gasteiger partial charge in [0.2, 0.25) is 0 Å². The molecule has 29 heavy (non-hydrogen) atoms. The van der Waals surface area contributed by atoms with Gasteiger partial charge in [-0.25, -0.2) is 9.78 Å². The molecule has 0 saturated heterocycles. The van der Waals surface area contributed by atoms with Gasteiger partial charge in [-0.3, -0.25) is 9.69 Å². The van der Waals surface area contributed by atoms with Gasteiger partial charge in [0, 0.05) is 17.5 Å². The molecule has 0 aliphatic heterocycles. The predicted molar refractivity (Wildman–Crippen MR) is 116 cm³/mol. The standard InChI is InChI=1S/C23H22N2O3S/c1-4-12-25(23-24-20(15-29-23)18-8-6-5-7-9-18)21(26)14-28-22(27)19-11-10-16(2)13-17(19)3/h4-11,13,15H,1,12,14H2,2-3H3. The highest BCUT2D eigenvalue weighted by Gasteiger charge is 2.21. The van der Waals surface area contributed by atoms with E-state index in [1.807, 2.05) is 61.7 Å². The Kier molecular flexibility index (Phi) is 6.57. The number of hydrogen-bond donors (Lipinski definition) is 0. The third kappa shape index (κ3) is 4.97. The van der Waals surface area contributed by atoms with Crippen molar-refractivity contribution in [1.29, 1.82) is 0 Å². The van der Waals surface area contributed by atoms with Gasteiger partial charge in [-0.2, -0.15) is 0 Å². The summed E-state index contributed by atoms with van der Waals surface area (Å²) < 4.78 is 5.26. The number of benzene rings is 2. The molecule has 0 spiro atoms. The molecule has 0 saturated carbocycles. The monoisotopic (exact) mass is 406 g/mol. The van der Waals surface area contributed by atoms with E-state index in [0.29, 0.717) is 10.7 Å². The number of anilines is 1. The van der Waals surface area contributed by atoms with E-state index in [-0.39, 0.29) is 19.1 Å². The van der Waals surface area contributed by atoms with Crippen LogP contribution in [-0.2, 0) is 9.53 Å². The summed E-state index contributed by atoms with van der Waals surface area (Å²) in [4.78, 5) is 31.1. The van der Waals surface area contributed by atoms with Gasteiger partial charge >= 0.3 is 5.97 Å². The van der Waals surface area contributed by atoms with E-state index in [1.54, 1.807) is 12.1 Å². The topological polar surface area (TPSA) is 59.5 Å². The highest BCUT2D eigenvalue weighted by atomic mass is 32.1. The van der Waals surface area contributed by atoms with Gasteiger partial charge in [0.25, 0.3) is 5.91 Å². The first-order chi connectivity index (χ1) is 14.0. The van der Waals surface area contributed by atoms with Crippen LogP contribution in [-0.4, -0.2) is 30.0 Å². The van der Waals surface area contributed by atoms with Gasteiger partial charge in [-0.15, -0.1) is 17.9 Å². The number of ether oxygens (including phenoxy) is 1. The quantitative estimate of drug-likeness (QED) is 0.418. The fourth-order valence-corrected chi connectivity index (χ4v) is 3.73. The number of carbonyl (C=O) groups excluding carboxylic acids is 2. The second kappa shape index (κ2) is 9.30. The van der Waals surface area contributed by atoms with Crippen molar-refractivity contribution < 1.29 is 14.3 Å². The third-order valence-electron chi connectivity index (χ3n) is 4.33. The van der Waals surface area contributed by atoms with Crippen molar-refractivity contribution in [3.8, 4) is 11.3 Å². The van der Waals surface area contributed by atoms with Crippen LogP contribution in [0.2, 0.25) is 0 Å². The van der Waals surface area contributed by atoms with Crippen molar-refractivity contribution in [2.24, 2.45) is 0 Å². The number of thiazole rings is 1. The minimum Gasteiger partial charge on any atom is -0.452 e. The van der Waals surface area contributed by atoms with E-state index >= 15 is 0 Å². The first-order valence-corrected chi connectivity index (χ1v) is 10.0. The summed E-state index contributed by atoms with van der Waals surface area (Å²) in [6, 6.07) is 15.2. The summed E-state index contributed by atoms with van der Waals surface area (Å²) in [6.45, 7) is 7.43. The van der Waals surface area contributed by atoms with Crippen LogP contribution in [0.1, 0.15) is 21.5 Å². The summed E-state index contributed by atoms with van der Waals surface area (Å²) in [7, 11) is 0. The third-order valence-corrected chi connectivity index (χ3v) is 5.20. The minimum atomic E-state index is -0.515. The largest absolute Gasteiger partial charge is 0.452 e. The molecule has 5 nitrogen and oxygen atoms in total. The number of nitrogens with zero attached hydrogens (tertiary/aromatic N) is 2. The molecule has 0 radical (unpaired) electrons. The van der Waals surface area contributed by atoms with Crippen LogP contribution in [0.3, 0.4) is 0 Å². The normalized spacial score (nSPS) is 10.4. The maximum Gasteiger partial charge on any atom is 0.338 e. The Morgan fingerprint density at radius 3 is 2.62 bits per heavy atom. The molecule has 3 rings (SSSR count). The van der Waals surface area contributed by atoms with E-state index in [2.05, 4.69) is 11.6 Å². The fourth-order valence-electron chi connectivity index (χ4n) is 2.87. The Hall–Kier alpha value is -3.25. The van der Waals surface area contributed by atoms with Gasteiger partial charge in [0.1, 0.15) is 0 Å². The molecule has 6 heteroatoms. The SMILES string of the molecule is C=CCN(C(=O)COC(=O)c1ccc(C)cc1C)c1nc(-c2ccccc2)cs1. The number of amides is 1. The van der Waals surface area contributed by atoms with Gasteiger partial charge in [0.15, 0.2) is 11.7 Å². The molecule has 0 bridgehead atoms. The molecule has 1 aromatic heterocycles. The van der Waals surface area contributed by atoms with Crippen molar-refractivity contribution in [2.75, 3.05) is 18.1 Å². The van der Waals surface area contributed by atoms with Crippen LogP contribution in [0.15, 0.2) is 66.6 Å². The van der Waals surface area contributed by atoms with Crippen LogP contribution in [0.4, 0.5) is 5.13 Å². The number of rotatable bonds is 7. The zero-order chi connectivity index (χ0) is 20.8. The molecular formula is C23H22N2O3S. The maximum absolute atomic E-state index is 12.7. The van der Waals surface area contributed by atoms with Gasteiger partial charge in [-0.05, 0) is 25.5 Å². The van der Waals surface area contributed by atoms with Crippen LogP contribution in [0.25, 0.3) is 11.3 Å². The lowest BCUT2D eigenvalue weighted by molar-refractivity contribution is -0.121. The molecule has 1 heterocycles. The second-order valence-electron chi connectivity index (χ2n) is 6.57. The van der Waals surface area contributed by atoms with Crippen LogP contribution >= 0.6 is 11.3 Å². The summed E-state index contributed by atoms with van der Waals surface area (Å²) >= 11 is 1.36. The molecule has 1 amide bonds. The first kappa shape index (κ1) is 20.5. The number of hydrogen-bond acceptors (Lipinski definition) is 5. The van der Waals surface area contributed by atoms with E-state index in [9.17, 15) is 9.59 Å². The maximum atomic E-state index is 12.7. The van der Waals surface area contributed by atoms with Crippen LogP contribution < -0.4 is 4.90 Å². The van der Waals surface area contributed by atoms with E-state index in [4.69, 9.17) is 4.74 Å². The average molecular weight is 407 g/mol. The molecule has 0 atom stereocenters. The summed E-state index contributed by atoms with van der Waals surface area (Å²) in [5, 5.41) is 2.44. The highest BCUT2D eigenvalue weighted by molar-refractivity contribution is 7.14. The number of aromatic nitrogens is 1. The zero-order valence-corrected chi connectivity index (χ0v) is 17.2. The Bertz CT molecular complexity index is 1030. The van der Waals surface area contributed by atoms with Crippen molar-refractivity contribution in [1.82, 2.24) is 4.98 Å². The Morgan fingerprint density at radius 1 is 1.17 bits per heavy atom. The van der Waals surface area contributed by atoms with E-state index in [1.165, 1.54) is 16.2 Å².